The number of nitrogens with one attached hydrogen (secondary N) is 1. The Hall–Kier alpha value is -5.92. The van der Waals surface area contributed by atoms with Crippen molar-refractivity contribution < 1.29 is 33.6 Å². The number of rotatable bonds is 13. The quantitative estimate of drug-likeness (QED) is 0.0789. The molecule has 0 spiro atoms. The Labute approximate surface area is 355 Å². The molecule has 0 aliphatic carbocycles. The average Bonchev–Trinajstić information content (AvgIpc) is 3.74. The molecule has 3 atom stereocenters. The number of anilines is 3. The number of aliphatic hydroxyl groups excluding tert-OH is 1. The van der Waals surface area contributed by atoms with E-state index in [1.807, 2.05) is 65.7 Å². The molecule has 5 heterocycles. The van der Waals surface area contributed by atoms with E-state index in [2.05, 4.69) is 54.9 Å². The third-order valence-electron chi connectivity index (χ3n) is 11.5. The zero-order valence-electron chi connectivity index (χ0n) is 34.2. The maximum absolute atomic E-state index is 13.9. The highest BCUT2D eigenvalue weighted by Gasteiger charge is 2.38. The van der Waals surface area contributed by atoms with Gasteiger partial charge >= 0.3 is 0 Å². The highest BCUT2D eigenvalue weighted by Crippen LogP contribution is 2.45. The molecular formula is C47H49N5O7S. The summed E-state index contributed by atoms with van der Waals surface area (Å²) in [5.74, 6) is 2.33. The molecule has 1 aromatic heterocycles. The number of hydrogen-bond donors (Lipinski definition) is 3. The number of fused-ring (bicyclic) bond motifs is 8. The number of nitrogens with zero attached hydrogens (tertiary/aromatic N) is 4. The fourth-order valence-electron chi connectivity index (χ4n) is 8.62. The summed E-state index contributed by atoms with van der Waals surface area (Å²) in [6.07, 6.45) is 4.23. The van der Waals surface area contributed by atoms with E-state index >= 15 is 0 Å². The van der Waals surface area contributed by atoms with Crippen LogP contribution in [0.3, 0.4) is 0 Å². The molecule has 9 rings (SSSR count). The number of carbonyl (C=O) groups excluding carboxylic acids is 1. The van der Waals surface area contributed by atoms with Crippen LogP contribution in [0.4, 0.5) is 22.7 Å². The number of para-hydroxylation sites is 2. The van der Waals surface area contributed by atoms with Gasteiger partial charge in [0, 0.05) is 70.8 Å². The zero-order chi connectivity index (χ0) is 41.5. The molecular weight excluding hydrogens is 779 g/mol. The highest BCUT2D eigenvalue weighted by atomic mass is 32.1. The first-order valence-corrected chi connectivity index (χ1v) is 20.8. The van der Waals surface area contributed by atoms with Gasteiger partial charge in [-0.15, -0.1) is 0 Å². The SMILES string of the molecule is COc1cc2c(cc1OCc1cc(OCCCC(C)(C)S)cc(COc3cc4c(cc3OC)C(O)N3c5ccccc5CC3CN4)n1)N=CC1Cc3ccccc3N1C2=O. The second kappa shape index (κ2) is 16.3. The van der Waals surface area contributed by atoms with Gasteiger partial charge < -0.3 is 39.0 Å². The number of aromatic nitrogens is 1. The molecule has 1 amide bonds. The fraction of sp³-hybridized carbons (Fsp3) is 0.340. The third kappa shape index (κ3) is 7.79. The Morgan fingerprint density at radius 1 is 0.833 bits per heavy atom. The maximum atomic E-state index is 13.9. The van der Waals surface area contributed by atoms with E-state index in [1.165, 1.54) is 5.56 Å². The van der Waals surface area contributed by atoms with E-state index in [9.17, 15) is 9.90 Å². The van der Waals surface area contributed by atoms with E-state index in [0.717, 1.165) is 41.9 Å². The number of carbonyl (C=O) groups is 1. The molecule has 3 unspecified atom stereocenters. The first-order valence-electron chi connectivity index (χ1n) is 20.4. The minimum atomic E-state index is -0.863. The molecule has 0 bridgehead atoms. The van der Waals surface area contributed by atoms with Crippen LogP contribution in [-0.4, -0.2) is 66.4 Å². The van der Waals surface area contributed by atoms with Crippen LogP contribution in [0.15, 0.2) is 89.9 Å². The lowest BCUT2D eigenvalue weighted by molar-refractivity contribution is 0.0986. The zero-order valence-corrected chi connectivity index (χ0v) is 35.1. The molecule has 13 heteroatoms. The van der Waals surface area contributed by atoms with Crippen molar-refractivity contribution in [1.82, 2.24) is 4.98 Å². The average molecular weight is 828 g/mol. The molecule has 2 N–H and O–H groups in total. The standard InChI is InChI=1S/C47H49N5O7S/c1-47(2,60)14-9-15-57-34-18-30(26-58-43-22-37-35(20-41(43)55-3)45(53)51-32(24-48-37)16-28-10-5-7-12-39(28)51)50-31(19-34)27-59-44-23-38-36(21-42(44)56-4)46(54)52-33(25-49-38)17-29-11-6-8-13-40(29)52/h5-8,10-13,18-24,32-33,46,49,54,60H,9,14-17,25-27H2,1-4H3. The van der Waals surface area contributed by atoms with Crippen LogP contribution in [0, 0.1) is 0 Å². The minimum Gasteiger partial charge on any atom is -0.493 e. The summed E-state index contributed by atoms with van der Waals surface area (Å²) in [6.45, 7) is 5.51. The van der Waals surface area contributed by atoms with Gasteiger partial charge in [-0.05, 0) is 54.7 Å². The molecule has 310 valence electrons. The lowest BCUT2D eigenvalue weighted by Gasteiger charge is -2.30. The van der Waals surface area contributed by atoms with Crippen molar-refractivity contribution in [2.24, 2.45) is 4.99 Å². The maximum Gasteiger partial charge on any atom is 0.261 e. The molecule has 4 aromatic carbocycles. The molecule has 0 radical (unpaired) electrons. The largest absolute Gasteiger partial charge is 0.493 e. The lowest BCUT2D eigenvalue weighted by atomic mass is 10.1. The Morgan fingerprint density at radius 3 is 2.22 bits per heavy atom. The van der Waals surface area contributed by atoms with E-state index in [4.69, 9.17) is 33.7 Å². The molecule has 5 aromatic rings. The number of methoxy groups -OCH3 is 2. The number of thiol groups is 1. The summed E-state index contributed by atoms with van der Waals surface area (Å²) in [6, 6.07) is 27.0. The second-order valence-corrected chi connectivity index (χ2v) is 17.5. The Kier molecular flexibility index (Phi) is 10.7. The molecule has 4 aliphatic rings. The van der Waals surface area contributed by atoms with Gasteiger partial charge in [0.1, 0.15) is 19.0 Å². The highest BCUT2D eigenvalue weighted by molar-refractivity contribution is 7.81. The van der Waals surface area contributed by atoms with Crippen molar-refractivity contribution in [1.29, 1.82) is 0 Å². The predicted molar refractivity (Wildman–Crippen MR) is 235 cm³/mol. The van der Waals surface area contributed by atoms with E-state index in [1.54, 1.807) is 26.4 Å². The Balaban J connectivity index is 0.954. The molecule has 12 nitrogen and oxygen atoms in total. The van der Waals surface area contributed by atoms with Gasteiger partial charge in [0.15, 0.2) is 29.2 Å². The second-order valence-electron chi connectivity index (χ2n) is 16.2. The summed E-state index contributed by atoms with van der Waals surface area (Å²) in [4.78, 5) is 27.5. The normalized spacial score (nSPS) is 18.5. The molecule has 60 heavy (non-hydrogen) atoms. The van der Waals surface area contributed by atoms with E-state index in [-0.39, 0.29) is 36.0 Å². The van der Waals surface area contributed by atoms with Gasteiger partial charge in [0.05, 0.1) is 55.5 Å². The van der Waals surface area contributed by atoms with Crippen LogP contribution >= 0.6 is 12.6 Å². The molecule has 0 saturated carbocycles. The third-order valence-corrected chi connectivity index (χ3v) is 11.7. The van der Waals surface area contributed by atoms with E-state index in [0.29, 0.717) is 76.5 Å². The number of aliphatic hydroxyl groups is 1. The number of amides is 1. The van der Waals surface area contributed by atoms with Crippen molar-refractivity contribution in [3.05, 3.63) is 119 Å². The predicted octanol–water partition coefficient (Wildman–Crippen LogP) is 8.26. The summed E-state index contributed by atoms with van der Waals surface area (Å²) in [5, 5.41) is 15.3. The smallest absolute Gasteiger partial charge is 0.261 e. The van der Waals surface area contributed by atoms with Crippen molar-refractivity contribution >= 4 is 47.5 Å². The van der Waals surface area contributed by atoms with Crippen molar-refractivity contribution in [2.45, 2.75) is 75.8 Å². The van der Waals surface area contributed by atoms with Crippen LogP contribution in [0.5, 0.6) is 28.7 Å². The summed E-state index contributed by atoms with van der Waals surface area (Å²) >= 11 is 4.67. The van der Waals surface area contributed by atoms with Gasteiger partial charge in [0.2, 0.25) is 0 Å². The van der Waals surface area contributed by atoms with E-state index < -0.39 is 6.23 Å². The number of aliphatic imine (C=N–C) groups is 1. The van der Waals surface area contributed by atoms with Crippen molar-refractivity contribution in [3.63, 3.8) is 0 Å². The van der Waals surface area contributed by atoms with Gasteiger partial charge in [-0.25, -0.2) is 0 Å². The monoisotopic (exact) mass is 827 g/mol. The Morgan fingerprint density at radius 2 is 1.50 bits per heavy atom. The van der Waals surface area contributed by atoms with Gasteiger partial charge in [-0.1, -0.05) is 50.2 Å². The van der Waals surface area contributed by atoms with Crippen LogP contribution in [0.2, 0.25) is 0 Å². The fourth-order valence-corrected chi connectivity index (χ4v) is 8.77. The molecule has 0 fully saturated rings. The number of pyridine rings is 1. The van der Waals surface area contributed by atoms with Crippen molar-refractivity contribution in [3.8, 4) is 28.7 Å². The first-order chi connectivity index (χ1) is 29.1. The number of hydrogen-bond acceptors (Lipinski definition) is 12. The Bertz CT molecular complexity index is 2470. The van der Waals surface area contributed by atoms with Crippen LogP contribution in [0.1, 0.15) is 71.4 Å². The number of ether oxygens (including phenoxy) is 5. The number of benzene rings is 4. The van der Waals surface area contributed by atoms with Crippen LogP contribution in [-0.2, 0) is 26.1 Å². The van der Waals surface area contributed by atoms with Crippen LogP contribution in [0.25, 0.3) is 0 Å². The molecule has 0 saturated heterocycles. The first kappa shape index (κ1) is 39.5. The van der Waals surface area contributed by atoms with Crippen molar-refractivity contribution in [2.75, 3.05) is 42.5 Å². The topological polar surface area (TPSA) is 127 Å². The lowest BCUT2D eigenvalue weighted by Crippen LogP contribution is -2.37. The summed E-state index contributed by atoms with van der Waals surface area (Å²) < 4.78 is 30.5. The van der Waals surface area contributed by atoms with Gasteiger partial charge in [0.25, 0.3) is 5.91 Å². The van der Waals surface area contributed by atoms with Gasteiger partial charge in [-0.2, -0.15) is 12.6 Å². The molecule has 4 aliphatic heterocycles. The van der Waals surface area contributed by atoms with Gasteiger partial charge in [-0.3, -0.25) is 19.7 Å². The van der Waals surface area contributed by atoms with Crippen LogP contribution < -0.4 is 38.8 Å². The summed E-state index contributed by atoms with van der Waals surface area (Å²) in [7, 11) is 3.14. The summed E-state index contributed by atoms with van der Waals surface area (Å²) in [5.41, 5.74) is 7.95. The minimum absolute atomic E-state index is 0.0770.